The number of benzene rings is 1. The van der Waals surface area contributed by atoms with E-state index in [1.807, 2.05) is 44.2 Å². The van der Waals surface area contributed by atoms with Gasteiger partial charge in [0.1, 0.15) is 0 Å². The third-order valence-electron chi connectivity index (χ3n) is 3.98. The smallest absolute Gasteiger partial charge is 0.228 e. The second-order valence-electron chi connectivity index (χ2n) is 5.82. The van der Waals surface area contributed by atoms with Gasteiger partial charge >= 0.3 is 0 Å². The first kappa shape index (κ1) is 16.7. The first-order chi connectivity index (χ1) is 9.51. The van der Waals surface area contributed by atoms with Crippen LogP contribution in [0, 0.1) is 11.8 Å². The molecular formula is C17H27NO2. The predicted molar refractivity (Wildman–Crippen MR) is 82.5 cm³/mol. The minimum Gasteiger partial charge on any atom is -0.394 e. The molecule has 0 aromatic heterocycles. The van der Waals surface area contributed by atoms with Crippen LogP contribution >= 0.6 is 0 Å². The van der Waals surface area contributed by atoms with Gasteiger partial charge in [-0.05, 0) is 17.4 Å². The van der Waals surface area contributed by atoms with Gasteiger partial charge in [-0.3, -0.25) is 4.79 Å². The van der Waals surface area contributed by atoms with Crippen LogP contribution < -0.4 is 5.32 Å². The zero-order chi connectivity index (χ0) is 15.1. The van der Waals surface area contributed by atoms with Crippen molar-refractivity contribution in [3.8, 4) is 0 Å². The third kappa shape index (κ3) is 4.34. The lowest BCUT2D eigenvalue weighted by molar-refractivity contribution is -0.125. The molecule has 1 rings (SSSR count). The zero-order valence-corrected chi connectivity index (χ0v) is 13.0. The van der Waals surface area contributed by atoms with Crippen molar-refractivity contribution >= 4 is 5.91 Å². The first-order valence-electron chi connectivity index (χ1n) is 7.47. The van der Waals surface area contributed by atoms with Crippen molar-refractivity contribution in [3.05, 3.63) is 35.9 Å². The molecule has 1 aromatic carbocycles. The molecule has 20 heavy (non-hydrogen) atoms. The minimum atomic E-state index is -0.183. The van der Waals surface area contributed by atoms with E-state index in [0.29, 0.717) is 0 Å². The number of aliphatic hydroxyl groups is 1. The quantitative estimate of drug-likeness (QED) is 0.805. The van der Waals surface area contributed by atoms with Gasteiger partial charge in [-0.2, -0.15) is 0 Å². The average molecular weight is 277 g/mol. The highest BCUT2D eigenvalue weighted by Crippen LogP contribution is 2.27. The van der Waals surface area contributed by atoms with Crippen LogP contribution in [0.3, 0.4) is 0 Å². The number of aliphatic hydroxyl groups excluding tert-OH is 1. The topological polar surface area (TPSA) is 49.3 Å². The Kier molecular flexibility index (Phi) is 6.73. The molecule has 3 nitrogen and oxygen atoms in total. The van der Waals surface area contributed by atoms with Gasteiger partial charge in [-0.25, -0.2) is 0 Å². The number of rotatable bonds is 7. The first-order valence-corrected chi connectivity index (χ1v) is 7.47. The van der Waals surface area contributed by atoms with E-state index in [9.17, 15) is 9.90 Å². The van der Waals surface area contributed by atoms with E-state index < -0.39 is 0 Å². The monoisotopic (exact) mass is 277 g/mol. The fraction of sp³-hybridized carbons (Fsp3) is 0.588. The van der Waals surface area contributed by atoms with E-state index in [0.717, 1.165) is 12.0 Å². The molecule has 0 aliphatic rings. The van der Waals surface area contributed by atoms with E-state index in [1.54, 1.807) is 0 Å². The van der Waals surface area contributed by atoms with Crippen LogP contribution in [0.2, 0.25) is 0 Å². The summed E-state index contributed by atoms with van der Waals surface area (Å²) in [6.07, 6.45) is 0.943. The summed E-state index contributed by atoms with van der Waals surface area (Å²) in [6, 6.07) is 9.70. The van der Waals surface area contributed by atoms with Crippen molar-refractivity contribution in [2.75, 3.05) is 6.61 Å². The lowest BCUT2D eigenvalue weighted by Crippen LogP contribution is -2.44. The Bertz CT molecular complexity index is 403. The van der Waals surface area contributed by atoms with Crippen LogP contribution in [0.15, 0.2) is 30.3 Å². The molecule has 0 heterocycles. The van der Waals surface area contributed by atoms with E-state index in [-0.39, 0.29) is 36.3 Å². The zero-order valence-electron chi connectivity index (χ0n) is 13.0. The Morgan fingerprint density at radius 1 is 1.20 bits per heavy atom. The maximum atomic E-state index is 12.6. The van der Waals surface area contributed by atoms with E-state index in [1.165, 1.54) is 0 Å². The fourth-order valence-electron chi connectivity index (χ4n) is 2.33. The van der Waals surface area contributed by atoms with E-state index in [4.69, 9.17) is 0 Å². The summed E-state index contributed by atoms with van der Waals surface area (Å²) in [6.45, 7) is 8.18. The minimum absolute atomic E-state index is 0.0123. The van der Waals surface area contributed by atoms with Crippen LogP contribution in [0.5, 0.6) is 0 Å². The van der Waals surface area contributed by atoms with Crippen molar-refractivity contribution < 1.29 is 9.90 Å². The molecule has 0 aliphatic heterocycles. The molecule has 2 N–H and O–H groups in total. The molecule has 0 spiro atoms. The molecule has 1 aromatic rings. The summed E-state index contributed by atoms with van der Waals surface area (Å²) in [5, 5.41) is 12.4. The fourth-order valence-corrected chi connectivity index (χ4v) is 2.33. The number of amides is 1. The van der Waals surface area contributed by atoms with E-state index >= 15 is 0 Å². The lowest BCUT2D eigenvalue weighted by Gasteiger charge is -2.27. The molecule has 0 radical (unpaired) electrons. The molecular weight excluding hydrogens is 250 g/mol. The molecule has 0 saturated heterocycles. The highest BCUT2D eigenvalue weighted by molar-refractivity contribution is 5.84. The van der Waals surface area contributed by atoms with E-state index in [2.05, 4.69) is 19.2 Å². The second kappa shape index (κ2) is 8.05. The number of hydrogen-bond donors (Lipinski definition) is 2. The molecule has 0 bridgehead atoms. The Morgan fingerprint density at radius 3 is 2.25 bits per heavy atom. The van der Waals surface area contributed by atoms with Gasteiger partial charge in [0.15, 0.2) is 0 Å². The summed E-state index contributed by atoms with van der Waals surface area (Å²) >= 11 is 0. The van der Waals surface area contributed by atoms with Gasteiger partial charge in [-0.1, -0.05) is 64.4 Å². The normalized spacial score (nSPS) is 15.7. The molecule has 3 heteroatoms. The standard InChI is InChI=1S/C17H27NO2/c1-5-13(4)16(14-9-7-6-8-10-14)17(20)18-15(11-19)12(2)3/h6-10,12-13,15-16,19H,5,11H2,1-4H3,(H,18,20). The molecule has 1 amide bonds. The van der Waals surface area contributed by atoms with Gasteiger partial charge in [0, 0.05) is 0 Å². The summed E-state index contributed by atoms with van der Waals surface area (Å²) < 4.78 is 0. The van der Waals surface area contributed by atoms with Crippen molar-refractivity contribution in [3.63, 3.8) is 0 Å². The van der Waals surface area contributed by atoms with Crippen LogP contribution in [-0.4, -0.2) is 23.7 Å². The Morgan fingerprint density at radius 2 is 1.80 bits per heavy atom. The van der Waals surface area contributed by atoms with Gasteiger partial charge in [0.25, 0.3) is 0 Å². The maximum absolute atomic E-state index is 12.6. The van der Waals surface area contributed by atoms with Crippen LogP contribution in [0.1, 0.15) is 45.6 Å². The molecule has 0 saturated carbocycles. The van der Waals surface area contributed by atoms with Crippen molar-refractivity contribution in [2.24, 2.45) is 11.8 Å². The van der Waals surface area contributed by atoms with Crippen LogP contribution in [0.25, 0.3) is 0 Å². The summed E-state index contributed by atoms with van der Waals surface area (Å²) in [5.41, 5.74) is 1.04. The predicted octanol–water partition coefficient (Wildman–Crippen LogP) is 2.95. The van der Waals surface area contributed by atoms with Crippen molar-refractivity contribution in [1.82, 2.24) is 5.32 Å². The average Bonchev–Trinajstić information content (AvgIpc) is 2.45. The molecule has 3 unspecified atom stereocenters. The number of hydrogen-bond acceptors (Lipinski definition) is 2. The van der Waals surface area contributed by atoms with Crippen molar-refractivity contribution in [1.29, 1.82) is 0 Å². The summed E-state index contributed by atoms with van der Waals surface area (Å²) in [7, 11) is 0. The number of nitrogens with one attached hydrogen (secondary N) is 1. The highest BCUT2D eigenvalue weighted by Gasteiger charge is 2.27. The van der Waals surface area contributed by atoms with Crippen LogP contribution in [0.4, 0.5) is 0 Å². The Balaban J connectivity index is 2.92. The maximum Gasteiger partial charge on any atom is 0.228 e. The number of carbonyl (C=O) groups is 1. The SMILES string of the molecule is CCC(C)C(C(=O)NC(CO)C(C)C)c1ccccc1. The third-order valence-corrected chi connectivity index (χ3v) is 3.98. The molecule has 0 aliphatic carbocycles. The van der Waals surface area contributed by atoms with Crippen LogP contribution in [-0.2, 0) is 4.79 Å². The van der Waals surface area contributed by atoms with Crippen molar-refractivity contribution in [2.45, 2.75) is 46.1 Å². The lowest BCUT2D eigenvalue weighted by atomic mass is 9.84. The molecule has 112 valence electrons. The second-order valence-corrected chi connectivity index (χ2v) is 5.82. The molecule has 0 fully saturated rings. The summed E-state index contributed by atoms with van der Waals surface area (Å²) in [5.74, 6) is 0.341. The Labute approximate surface area is 122 Å². The van der Waals surface area contributed by atoms with Gasteiger partial charge in [0.05, 0.1) is 18.6 Å². The van der Waals surface area contributed by atoms with Gasteiger partial charge in [0.2, 0.25) is 5.91 Å². The Hall–Kier alpha value is -1.35. The number of carbonyl (C=O) groups excluding carboxylic acids is 1. The largest absolute Gasteiger partial charge is 0.394 e. The van der Waals surface area contributed by atoms with Gasteiger partial charge < -0.3 is 10.4 Å². The highest BCUT2D eigenvalue weighted by atomic mass is 16.3. The van der Waals surface area contributed by atoms with Gasteiger partial charge in [-0.15, -0.1) is 0 Å². The summed E-state index contributed by atoms with van der Waals surface area (Å²) in [4.78, 5) is 12.6. The molecule has 3 atom stereocenters.